The fourth-order valence-corrected chi connectivity index (χ4v) is 3.37. The van der Waals surface area contributed by atoms with Gasteiger partial charge in [-0.15, -0.1) is 24.0 Å². The number of likely N-dealkylation sites (N-methyl/N-ethyl adjacent to an activating group) is 1. The Morgan fingerprint density at radius 3 is 2.14 bits per heavy atom. The first-order chi connectivity index (χ1) is 13.0. The van der Waals surface area contributed by atoms with Crippen molar-refractivity contribution in [1.29, 1.82) is 0 Å². The molecule has 1 aliphatic heterocycles. The van der Waals surface area contributed by atoms with Crippen LogP contribution in [-0.2, 0) is 11.2 Å². The summed E-state index contributed by atoms with van der Waals surface area (Å²) in [6.07, 6.45) is 1.06. The van der Waals surface area contributed by atoms with Crippen LogP contribution in [0.4, 0.5) is 0 Å². The SMILES string of the molecule is CCNC(=NCC(c1ccc(CC)cc1)N(C)C)N1CCN(C(C)=O)CC1.I. The molecule has 1 N–H and O–H groups in total. The normalized spacial score (nSPS) is 16.0. The van der Waals surface area contributed by atoms with Crippen LogP contribution in [0, 0.1) is 0 Å². The van der Waals surface area contributed by atoms with Crippen LogP contribution in [0.15, 0.2) is 29.3 Å². The Morgan fingerprint density at radius 2 is 1.68 bits per heavy atom. The van der Waals surface area contributed by atoms with Crippen LogP contribution in [0.5, 0.6) is 0 Å². The zero-order valence-electron chi connectivity index (χ0n) is 17.9. The van der Waals surface area contributed by atoms with Gasteiger partial charge in [-0.25, -0.2) is 0 Å². The average Bonchev–Trinajstić information content (AvgIpc) is 2.67. The molecular formula is C21H36IN5O. The first-order valence-corrected chi connectivity index (χ1v) is 10.00. The van der Waals surface area contributed by atoms with Crippen LogP contribution in [0.3, 0.4) is 0 Å². The van der Waals surface area contributed by atoms with Crippen molar-refractivity contribution in [1.82, 2.24) is 20.0 Å². The third-order valence-electron chi connectivity index (χ3n) is 5.17. The molecule has 2 rings (SSSR count). The number of carbonyl (C=O) groups excluding carboxylic acids is 1. The van der Waals surface area contributed by atoms with E-state index < -0.39 is 0 Å². The topological polar surface area (TPSA) is 51.2 Å². The Kier molecular flexibility index (Phi) is 10.8. The standard InChI is InChI=1S/C21H35N5O.HI/c1-6-18-8-10-19(11-9-18)20(24(4)5)16-23-21(22-7-2)26-14-12-25(13-15-26)17(3)27;/h8-11,20H,6-7,12-16H2,1-5H3,(H,22,23);1H. The van der Waals surface area contributed by atoms with E-state index in [2.05, 4.69) is 67.3 Å². The summed E-state index contributed by atoms with van der Waals surface area (Å²) < 4.78 is 0. The quantitative estimate of drug-likeness (QED) is 0.370. The third-order valence-corrected chi connectivity index (χ3v) is 5.17. The Hall–Kier alpha value is -1.35. The number of hydrogen-bond donors (Lipinski definition) is 1. The third kappa shape index (κ3) is 6.92. The highest BCUT2D eigenvalue weighted by atomic mass is 127. The maximum Gasteiger partial charge on any atom is 0.219 e. The molecule has 158 valence electrons. The van der Waals surface area contributed by atoms with Crippen LogP contribution < -0.4 is 5.32 Å². The Morgan fingerprint density at radius 1 is 1.11 bits per heavy atom. The Balaban J connectivity index is 0.00000392. The van der Waals surface area contributed by atoms with Crippen molar-refractivity contribution in [2.75, 3.05) is 53.4 Å². The minimum Gasteiger partial charge on any atom is -0.357 e. The highest BCUT2D eigenvalue weighted by Crippen LogP contribution is 2.20. The summed E-state index contributed by atoms with van der Waals surface area (Å²) in [6, 6.07) is 9.10. The van der Waals surface area contributed by atoms with Crippen molar-refractivity contribution >= 4 is 35.8 Å². The van der Waals surface area contributed by atoms with Gasteiger partial charge in [0, 0.05) is 39.6 Å². The van der Waals surface area contributed by atoms with Crippen LogP contribution in [0.1, 0.15) is 37.9 Å². The molecule has 1 aromatic carbocycles. The number of nitrogens with zero attached hydrogens (tertiary/aromatic N) is 4. The summed E-state index contributed by atoms with van der Waals surface area (Å²) >= 11 is 0. The van der Waals surface area contributed by atoms with Crippen molar-refractivity contribution in [3.05, 3.63) is 35.4 Å². The Bertz CT molecular complexity index is 624. The molecule has 1 saturated heterocycles. The minimum atomic E-state index is 0. The zero-order valence-corrected chi connectivity index (χ0v) is 20.3. The molecule has 1 atom stereocenters. The van der Waals surface area contributed by atoms with Gasteiger partial charge >= 0.3 is 0 Å². The monoisotopic (exact) mass is 501 g/mol. The Labute approximate surface area is 187 Å². The number of guanidine groups is 1. The van der Waals surface area contributed by atoms with Gasteiger partial charge in [0.25, 0.3) is 0 Å². The molecule has 1 heterocycles. The van der Waals surface area contributed by atoms with Gasteiger partial charge in [-0.3, -0.25) is 9.79 Å². The van der Waals surface area contributed by atoms with Gasteiger partial charge in [0.2, 0.25) is 5.91 Å². The first kappa shape index (κ1) is 24.7. The van der Waals surface area contributed by atoms with Crippen molar-refractivity contribution in [2.45, 2.75) is 33.2 Å². The lowest BCUT2D eigenvalue weighted by Gasteiger charge is -2.36. The lowest BCUT2D eigenvalue weighted by molar-refractivity contribution is -0.130. The molecule has 0 aliphatic carbocycles. The van der Waals surface area contributed by atoms with E-state index in [1.165, 1.54) is 11.1 Å². The van der Waals surface area contributed by atoms with Crippen LogP contribution in [-0.4, -0.2) is 79.9 Å². The zero-order chi connectivity index (χ0) is 19.8. The molecule has 0 saturated carbocycles. The summed E-state index contributed by atoms with van der Waals surface area (Å²) in [5.74, 6) is 1.09. The van der Waals surface area contributed by atoms with E-state index in [1.54, 1.807) is 6.92 Å². The van der Waals surface area contributed by atoms with Crippen LogP contribution >= 0.6 is 24.0 Å². The van der Waals surface area contributed by atoms with E-state index in [0.29, 0.717) is 6.54 Å². The summed E-state index contributed by atoms with van der Waals surface area (Å²) in [7, 11) is 4.21. The lowest BCUT2D eigenvalue weighted by atomic mass is 10.0. The predicted molar refractivity (Wildman–Crippen MR) is 127 cm³/mol. The van der Waals surface area contributed by atoms with Crippen LogP contribution in [0.25, 0.3) is 0 Å². The lowest BCUT2D eigenvalue weighted by Crippen LogP contribution is -2.53. The molecule has 1 aromatic rings. The molecular weight excluding hydrogens is 465 g/mol. The maximum atomic E-state index is 11.5. The number of aliphatic imine (C=N–C) groups is 1. The second-order valence-electron chi connectivity index (χ2n) is 7.26. The fourth-order valence-electron chi connectivity index (χ4n) is 3.37. The molecule has 1 fully saturated rings. The van der Waals surface area contributed by atoms with Crippen molar-refractivity contribution in [2.24, 2.45) is 4.99 Å². The number of aryl methyl sites for hydroxylation is 1. The number of benzene rings is 1. The van der Waals surface area contributed by atoms with E-state index in [0.717, 1.165) is 45.1 Å². The largest absolute Gasteiger partial charge is 0.357 e. The number of hydrogen-bond acceptors (Lipinski definition) is 3. The van der Waals surface area contributed by atoms with E-state index in [-0.39, 0.29) is 35.9 Å². The first-order valence-electron chi connectivity index (χ1n) is 10.00. The average molecular weight is 501 g/mol. The molecule has 1 aliphatic rings. The number of nitrogens with one attached hydrogen (secondary N) is 1. The van der Waals surface area contributed by atoms with Crippen molar-refractivity contribution < 1.29 is 4.79 Å². The number of carbonyl (C=O) groups is 1. The van der Waals surface area contributed by atoms with Crippen LogP contribution in [0.2, 0.25) is 0 Å². The van der Waals surface area contributed by atoms with Gasteiger partial charge in [0.15, 0.2) is 5.96 Å². The fraction of sp³-hybridized carbons (Fsp3) is 0.619. The molecule has 0 radical (unpaired) electrons. The highest BCUT2D eigenvalue weighted by molar-refractivity contribution is 14.0. The number of piperazine rings is 1. The number of rotatable bonds is 6. The molecule has 6 nitrogen and oxygen atoms in total. The van der Waals surface area contributed by atoms with Gasteiger partial charge in [-0.1, -0.05) is 31.2 Å². The molecule has 1 unspecified atom stereocenters. The smallest absolute Gasteiger partial charge is 0.219 e. The maximum absolute atomic E-state index is 11.5. The van der Waals surface area contributed by atoms with Gasteiger partial charge in [0.1, 0.15) is 0 Å². The van der Waals surface area contributed by atoms with Crippen molar-refractivity contribution in [3.8, 4) is 0 Å². The van der Waals surface area contributed by atoms with E-state index in [1.807, 2.05) is 4.90 Å². The van der Waals surface area contributed by atoms with Gasteiger partial charge in [-0.2, -0.15) is 0 Å². The molecule has 7 heteroatoms. The van der Waals surface area contributed by atoms with Gasteiger partial charge < -0.3 is 20.0 Å². The molecule has 0 bridgehead atoms. The van der Waals surface area contributed by atoms with Gasteiger partial charge in [-0.05, 0) is 38.6 Å². The number of halogens is 1. The van der Waals surface area contributed by atoms with E-state index >= 15 is 0 Å². The molecule has 0 spiro atoms. The summed E-state index contributed by atoms with van der Waals surface area (Å²) in [5, 5.41) is 3.41. The summed E-state index contributed by atoms with van der Waals surface area (Å²) in [6.45, 7) is 10.6. The van der Waals surface area contributed by atoms with E-state index in [9.17, 15) is 4.79 Å². The van der Waals surface area contributed by atoms with Crippen molar-refractivity contribution in [3.63, 3.8) is 0 Å². The highest BCUT2D eigenvalue weighted by Gasteiger charge is 2.21. The molecule has 0 aromatic heterocycles. The molecule has 28 heavy (non-hydrogen) atoms. The molecule has 1 amide bonds. The summed E-state index contributed by atoms with van der Waals surface area (Å²) in [4.78, 5) is 22.9. The minimum absolute atomic E-state index is 0. The van der Waals surface area contributed by atoms with E-state index in [4.69, 9.17) is 4.99 Å². The van der Waals surface area contributed by atoms with Gasteiger partial charge in [0.05, 0.1) is 12.6 Å². The number of amides is 1. The second-order valence-corrected chi connectivity index (χ2v) is 7.26. The predicted octanol–water partition coefficient (Wildman–Crippen LogP) is 2.60. The summed E-state index contributed by atoms with van der Waals surface area (Å²) in [5.41, 5.74) is 2.65. The second kappa shape index (κ2) is 12.3.